The lowest BCUT2D eigenvalue weighted by molar-refractivity contribution is -0.129. The molecule has 2 unspecified atom stereocenters. The van der Waals surface area contributed by atoms with Gasteiger partial charge in [0.05, 0.1) is 12.0 Å². The van der Waals surface area contributed by atoms with Crippen molar-refractivity contribution in [2.45, 2.75) is 32.7 Å². The molecule has 0 bridgehead atoms. The van der Waals surface area contributed by atoms with Crippen LogP contribution in [0, 0.1) is 12.8 Å². The highest BCUT2D eigenvalue weighted by Crippen LogP contribution is 2.41. The molecule has 7 heteroatoms. The molecule has 1 aliphatic heterocycles. The predicted molar refractivity (Wildman–Crippen MR) is 110 cm³/mol. The molecule has 2 heterocycles. The van der Waals surface area contributed by atoms with Crippen molar-refractivity contribution in [1.82, 2.24) is 10.6 Å². The van der Waals surface area contributed by atoms with Crippen molar-refractivity contribution in [2.24, 2.45) is 5.92 Å². The fourth-order valence-electron chi connectivity index (χ4n) is 3.52. The first kappa shape index (κ1) is 20.1. The van der Waals surface area contributed by atoms with Gasteiger partial charge < -0.3 is 15.5 Å². The molecule has 1 aromatic heterocycles. The molecule has 148 valence electrons. The summed E-state index contributed by atoms with van der Waals surface area (Å²) in [6.45, 7) is 4.20. The van der Waals surface area contributed by atoms with Crippen LogP contribution in [0.2, 0.25) is 0 Å². The van der Waals surface area contributed by atoms with Gasteiger partial charge in [0.2, 0.25) is 17.7 Å². The van der Waals surface area contributed by atoms with Gasteiger partial charge in [-0.15, -0.1) is 11.3 Å². The van der Waals surface area contributed by atoms with Gasteiger partial charge in [0.1, 0.15) is 0 Å². The molecule has 0 spiro atoms. The van der Waals surface area contributed by atoms with Gasteiger partial charge in [0.15, 0.2) is 0 Å². The molecule has 0 saturated carbocycles. The fourth-order valence-corrected chi connectivity index (χ4v) is 4.40. The molecule has 3 amide bonds. The SMILES string of the molecule is CC(=O)NCCNC(=O)C1CCC(=O)N(c2ccc(C)cc2)C1c1cccs1. The topological polar surface area (TPSA) is 78.5 Å². The van der Waals surface area contributed by atoms with Crippen LogP contribution in [0.15, 0.2) is 41.8 Å². The summed E-state index contributed by atoms with van der Waals surface area (Å²) in [4.78, 5) is 39.5. The summed E-state index contributed by atoms with van der Waals surface area (Å²) >= 11 is 1.56. The lowest BCUT2D eigenvalue weighted by Gasteiger charge is -2.40. The van der Waals surface area contributed by atoms with Gasteiger partial charge in [-0.2, -0.15) is 0 Å². The molecule has 28 heavy (non-hydrogen) atoms. The van der Waals surface area contributed by atoms with Crippen molar-refractivity contribution in [2.75, 3.05) is 18.0 Å². The number of benzene rings is 1. The molecule has 3 rings (SSSR count). The van der Waals surface area contributed by atoms with Crippen LogP contribution in [0.25, 0.3) is 0 Å². The highest BCUT2D eigenvalue weighted by atomic mass is 32.1. The van der Waals surface area contributed by atoms with Crippen LogP contribution in [0.3, 0.4) is 0 Å². The number of hydrogen-bond acceptors (Lipinski definition) is 4. The van der Waals surface area contributed by atoms with E-state index in [9.17, 15) is 14.4 Å². The number of hydrogen-bond donors (Lipinski definition) is 2. The Kier molecular flexibility index (Phi) is 6.46. The van der Waals surface area contributed by atoms with Crippen molar-refractivity contribution in [3.63, 3.8) is 0 Å². The van der Waals surface area contributed by atoms with E-state index in [1.165, 1.54) is 6.92 Å². The van der Waals surface area contributed by atoms with Crippen molar-refractivity contribution in [3.8, 4) is 0 Å². The number of rotatable bonds is 6. The second-order valence-corrected chi connectivity index (χ2v) is 7.96. The van der Waals surface area contributed by atoms with E-state index in [0.29, 0.717) is 25.9 Å². The van der Waals surface area contributed by atoms with Gasteiger partial charge in [-0.25, -0.2) is 0 Å². The average Bonchev–Trinajstić information content (AvgIpc) is 3.20. The van der Waals surface area contributed by atoms with Gasteiger partial charge in [-0.3, -0.25) is 14.4 Å². The number of nitrogens with zero attached hydrogens (tertiary/aromatic N) is 1. The highest BCUT2D eigenvalue weighted by Gasteiger charge is 2.41. The van der Waals surface area contributed by atoms with E-state index < -0.39 is 0 Å². The molecule has 1 saturated heterocycles. The number of carbonyl (C=O) groups is 3. The molecular formula is C21H25N3O3S. The largest absolute Gasteiger partial charge is 0.355 e. The van der Waals surface area contributed by atoms with Gasteiger partial charge in [-0.05, 0) is 36.9 Å². The summed E-state index contributed by atoms with van der Waals surface area (Å²) in [6, 6.07) is 11.4. The molecule has 1 aliphatic rings. The third-order valence-electron chi connectivity index (χ3n) is 4.88. The number of thiophene rings is 1. The minimum absolute atomic E-state index is 0.0320. The number of nitrogens with one attached hydrogen (secondary N) is 2. The minimum atomic E-state index is -0.338. The zero-order valence-corrected chi connectivity index (χ0v) is 16.9. The van der Waals surface area contributed by atoms with Crippen LogP contribution in [0.5, 0.6) is 0 Å². The lowest BCUT2D eigenvalue weighted by atomic mass is 9.86. The first-order chi connectivity index (χ1) is 13.5. The van der Waals surface area contributed by atoms with Gasteiger partial charge >= 0.3 is 0 Å². The number of anilines is 1. The number of aryl methyl sites for hydroxylation is 1. The summed E-state index contributed by atoms with van der Waals surface area (Å²) < 4.78 is 0. The Labute approximate surface area is 168 Å². The van der Waals surface area contributed by atoms with Crippen LogP contribution < -0.4 is 15.5 Å². The fraction of sp³-hybridized carbons (Fsp3) is 0.381. The maximum Gasteiger partial charge on any atom is 0.227 e. The second kappa shape index (κ2) is 9.01. The van der Waals surface area contributed by atoms with E-state index in [0.717, 1.165) is 16.1 Å². The Balaban J connectivity index is 1.85. The number of amides is 3. The monoisotopic (exact) mass is 399 g/mol. The van der Waals surface area contributed by atoms with Gasteiger partial charge in [0.25, 0.3) is 0 Å². The summed E-state index contributed by atoms with van der Waals surface area (Å²) in [5, 5.41) is 7.55. The predicted octanol–water partition coefficient (Wildman–Crippen LogP) is 2.79. The normalized spacial score (nSPS) is 19.4. The Morgan fingerprint density at radius 2 is 1.86 bits per heavy atom. The molecule has 2 atom stereocenters. The van der Waals surface area contributed by atoms with E-state index in [4.69, 9.17) is 0 Å². The van der Waals surface area contributed by atoms with Crippen LogP contribution in [0.4, 0.5) is 5.69 Å². The van der Waals surface area contributed by atoms with E-state index >= 15 is 0 Å². The molecule has 0 radical (unpaired) electrons. The van der Waals surface area contributed by atoms with Crippen molar-refractivity contribution < 1.29 is 14.4 Å². The van der Waals surface area contributed by atoms with Crippen LogP contribution in [-0.4, -0.2) is 30.8 Å². The summed E-state index contributed by atoms with van der Waals surface area (Å²) in [7, 11) is 0. The smallest absolute Gasteiger partial charge is 0.227 e. The first-order valence-electron chi connectivity index (χ1n) is 9.41. The Bertz CT molecular complexity index is 833. The minimum Gasteiger partial charge on any atom is -0.355 e. The Hall–Kier alpha value is -2.67. The zero-order chi connectivity index (χ0) is 20.1. The maximum atomic E-state index is 12.9. The van der Waals surface area contributed by atoms with Gasteiger partial charge in [0, 0.05) is 37.0 Å². The van der Waals surface area contributed by atoms with E-state index in [1.54, 1.807) is 16.2 Å². The maximum absolute atomic E-state index is 12.9. The first-order valence-corrected chi connectivity index (χ1v) is 10.3. The molecule has 6 nitrogen and oxygen atoms in total. The quantitative estimate of drug-likeness (QED) is 0.733. The van der Waals surface area contributed by atoms with Crippen molar-refractivity contribution >= 4 is 34.7 Å². The molecule has 1 fully saturated rings. The van der Waals surface area contributed by atoms with E-state index in [-0.39, 0.29) is 29.7 Å². The molecule has 1 aromatic carbocycles. The van der Waals surface area contributed by atoms with Crippen molar-refractivity contribution in [3.05, 3.63) is 52.2 Å². The second-order valence-electron chi connectivity index (χ2n) is 6.98. The summed E-state index contributed by atoms with van der Waals surface area (Å²) in [6.07, 6.45) is 0.843. The molecule has 2 aromatic rings. The summed E-state index contributed by atoms with van der Waals surface area (Å²) in [5.74, 6) is -0.521. The number of carbonyl (C=O) groups excluding carboxylic acids is 3. The highest BCUT2D eigenvalue weighted by molar-refractivity contribution is 7.10. The molecular weight excluding hydrogens is 374 g/mol. The van der Waals surface area contributed by atoms with E-state index in [2.05, 4.69) is 10.6 Å². The molecule has 2 N–H and O–H groups in total. The third kappa shape index (κ3) is 4.59. The number of piperidine rings is 1. The lowest BCUT2D eigenvalue weighted by Crippen LogP contribution is -2.48. The standard InChI is InChI=1S/C21H25N3O3S/c1-14-5-7-16(8-6-14)24-19(26)10-9-17(20(24)18-4-3-13-28-18)21(27)23-12-11-22-15(2)25/h3-8,13,17,20H,9-12H2,1-2H3,(H,22,25)(H,23,27). The summed E-state index contributed by atoms with van der Waals surface area (Å²) in [5.41, 5.74) is 1.93. The molecule has 0 aliphatic carbocycles. The van der Waals surface area contributed by atoms with Gasteiger partial charge in [-0.1, -0.05) is 23.8 Å². The van der Waals surface area contributed by atoms with Crippen LogP contribution in [0.1, 0.15) is 36.2 Å². The average molecular weight is 400 g/mol. The third-order valence-corrected chi connectivity index (χ3v) is 5.82. The Morgan fingerprint density at radius 1 is 1.14 bits per heavy atom. The van der Waals surface area contributed by atoms with Crippen molar-refractivity contribution in [1.29, 1.82) is 0 Å². The van der Waals surface area contributed by atoms with E-state index in [1.807, 2.05) is 48.7 Å². The Morgan fingerprint density at radius 3 is 2.50 bits per heavy atom. The van der Waals surface area contributed by atoms with Crippen LogP contribution in [-0.2, 0) is 14.4 Å². The zero-order valence-electron chi connectivity index (χ0n) is 16.1. The van der Waals surface area contributed by atoms with Crippen LogP contribution >= 0.6 is 11.3 Å².